The number of nitrogens with one attached hydrogen (secondary N) is 2. The van der Waals surface area contributed by atoms with E-state index in [0.29, 0.717) is 40.6 Å². The number of benzene rings is 1. The van der Waals surface area contributed by atoms with Crippen molar-refractivity contribution in [1.29, 1.82) is 0 Å². The number of aromatic nitrogens is 3. The van der Waals surface area contributed by atoms with Crippen molar-refractivity contribution < 1.29 is 19.0 Å². The van der Waals surface area contributed by atoms with Crippen molar-refractivity contribution in [3.63, 3.8) is 0 Å². The number of hydrogen-bond donors (Lipinski definition) is 2. The molecule has 0 atom stereocenters. The summed E-state index contributed by atoms with van der Waals surface area (Å²) in [7, 11) is 0. The van der Waals surface area contributed by atoms with Gasteiger partial charge in [-0.05, 0) is 50.8 Å². The summed E-state index contributed by atoms with van der Waals surface area (Å²) in [6.07, 6.45) is 3.51. The van der Waals surface area contributed by atoms with E-state index in [2.05, 4.69) is 25.5 Å². The maximum absolute atomic E-state index is 12.2. The van der Waals surface area contributed by atoms with E-state index in [-0.39, 0.29) is 12.8 Å². The zero-order chi connectivity index (χ0) is 24.2. The standard InChI is InChI=1S/C24H28N6O4S/c1-3-32-22(31)21-15(2)26-24(35-21)29-23-27-19(12-20(28-23)30-9-5-4-6-10-30)25-13-16-7-8-17-18(11-16)34-14-33-17/h7-8,11-12H,3-6,9-10,13-14H2,1-2H3,(H2,25,26,27,28,29). The number of hydrogen-bond acceptors (Lipinski definition) is 11. The maximum atomic E-state index is 12.2. The SMILES string of the molecule is CCOC(=O)c1sc(Nc2nc(NCc3ccc4c(c3)OCO4)cc(N3CCCCC3)n2)nc1C. The minimum atomic E-state index is -0.371. The molecule has 3 aromatic rings. The highest BCUT2D eigenvalue weighted by Crippen LogP contribution is 2.33. The van der Waals surface area contributed by atoms with Gasteiger partial charge in [0.25, 0.3) is 0 Å². The topological polar surface area (TPSA) is 111 Å². The van der Waals surface area contributed by atoms with Crippen LogP contribution >= 0.6 is 11.3 Å². The van der Waals surface area contributed by atoms with Crippen LogP contribution in [0.3, 0.4) is 0 Å². The molecule has 5 rings (SSSR count). The number of anilines is 4. The number of thiazole rings is 1. The maximum Gasteiger partial charge on any atom is 0.350 e. The van der Waals surface area contributed by atoms with Gasteiger partial charge in [0.15, 0.2) is 16.6 Å². The van der Waals surface area contributed by atoms with Crippen LogP contribution in [0.4, 0.5) is 22.7 Å². The Morgan fingerprint density at radius 1 is 1.11 bits per heavy atom. The highest BCUT2D eigenvalue weighted by molar-refractivity contribution is 7.17. The summed E-state index contributed by atoms with van der Waals surface area (Å²) in [5.74, 6) is 3.11. The fourth-order valence-corrected chi connectivity index (χ4v) is 4.89. The molecule has 2 N–H and O–H groups in total. The van der Waals surface area contributed by atoms with Gasteiger partial charge in [0, 0.05) is 25.7 Å². The molecule has 0 saturated carbocycles. The first-order chi connectivity index (χ1) is 17.1. The smallest absolute Gasteiger partial charge is 0.350 e. The molecule has 2 aliphatic heterocycles. The Morgan fingerprint density at radius 2 is 1.94 bits per heavy atom. The summed E-state index contributed by atoms with van der Waals surface area (Å²) in [5.41, 5.74) is 1.67. The second-order valence-corrected chi connectivity index (χ2v) is 9.30. The molecule has 2 aromatic heterocycles. The van der Waals surface area contributed by atoms with Gasteiger partial charge in [0.2, 0.25) is 12.7 Å². The molecule has 4 heterocycles. The van der Waals surface area contributed by atoms with E-state index < -0.39 is 0 Å². The lowest BCUT2D eigenvalue weighted by Crippen LogP contribution is -2.30. The van der Waals surface area contributed by atoms with Gasteiger partial charge in [0.05, 0.1) is 12.3 Å². The Kier molecular flexibility index (Phi) is 6.84. The molecule has 0 bridgehead atoms. The number of fused-ring (bicyclic) bond motifs is 1. The lowest BCUT2D eigenvalue weighted by atomic mass is 10.1. The van der Waals surface area contributed by atoms with Crippen molar-refractivity contribution in [2.75, 3.05) is 42.0 Å². The number of piperidine rings is 1. The molecular weight excluding hydrogens is 468 g/mol. The van der Waals surface area contributed by atoms with Gasteiger partial charge < -0.3 is 24.4 Å². The lowest BCUT2D eigenvalue weighted by molar-refractivity contribution is 0.0531. The molecule has 0 unspecified atom stereocenters. The Labute approximate surface area is 207 Å². The van der Waals surface area contributed by atoms with Crippen molar-refractivity contribution in [2.24, 2.45) is 0 Å². The molecular formula is C24H28N6O4S. The fraction of sp³-hybridized carbons (Fsp3) is 0.417. The van der Waals surface area contributed by atoms with Crippen LogP contribution in [0, 0.1) is 6.92 Å². The van der Waals surface area contributed by atoms with Crippen molar-refractivity contribution >= 4 is 40.0 Å². The number of aryl methyl sites for hydroxylation is 1. The Morgan fingerprint density at radius 3 is 2.77 bits per heavy atom. The first-order valence-electron chi connectivity index (χ1n) is 11.8. The molecule has 0 aliphatic carbocycles. The van der Waals surface area contributed by atoms with E-state index in [9.17, 15) is 4.79 Å². The fourth-order valence-electron chi connectivity index (χ4n) is 4.04. The quantitative estimate of drug-likeness (QED) is 0.433. The monoisotopic (exact) mass is 496 g/mol. The highest BCUT2D eigenvalue weighted by Gasteiger charge is 2.19. The first-order valence-corrected chi connectivity index (χ1v) is 12.6. The number of ether oxygens (including phenoxy) is 3. The second kappa shape index (κ2) is 10.3. The number of carbonyl (C=O) groups is 1. The Hall–Kier alpha value is -3.60. The third kappa shape index (κ3) is 5.40. The molecule has 11 heteroatoms. The average molecular weight is 497 g/mol. The van der Waals surface area contributed by atoms with Crippen LogP contribution in [0.1, 0.15) is 47.1 Å². The van der Waals surface area contributed by atoms with Crippen LogP contribution < -0.4 is 25.0 Å². The van der Waals surface area contributed by atoms with Gasteiger partial charge in [-0.15, -0.1) is 0 Å². The zero-order valence-electron chi connectivity index (χ0n) is 19.8. The van der Waals surface area contributed by atoms with Crippen molar-refractivity contribution in [1.82, 2.24) is 15.0 Å². The van der Waals surface area contributed by atoms with E-state index in [1.54, 1.807) is 13.8 Å². The Balaban J connectivity index is 1.37. The lowest BCUT2D eigenvalue weighted by Gasteiger charge is -2.28. The molecule has 35 heavy (non-hydrogen) atoms. The van der Waals surface area contributed by atoms with E-state index in [1.165, 1.54) is 17.8 Å². The number of esters is 1. The van der Waals surface area contributed by atoms with Crippen LogP contribution in [0.5, 0.6) is 11.5 Å². The molecule has 184 valence electrons. The largest absolute Gasteiger partial charge is 0.462 e. The van der Waals surface area contributed by atoms with Gasteiger partial charge in [0.1, 0.15) is 16.5 Å². The highest BCUT2D eigenvalue weighted by atomic mass is 32.1. The van der Waals surface area contributed by atoms with Crippen LogP contribution in [-0.4, -0.2) is 47.4 Å². The predicted octanol–water partition coefficient (Wildman–Crippen LogP) is 4.49. The third-order valence-corrected chi connectivity index (χ3v) is 6.83. The van der Waals surface area contributed by atoms with E-state index in [0.717, 1.165) is 48.8 Å². The summed E-state index contributed by atoms with van der Waals surface area (Å²) in [6, 6.07) is 7.86. The van der Waals surface area contributed by atoms with Gasteiger partial charge in [-0.1, -0.05) is 17.4 Å². The van der Waals surface area contributed by atoms with E-state index in [1.807, 2.05) is 24.3 Å². The Bertz CT molecular complexity index is 1210. The summed E-state index contributed by atoms with van der Waals surface area (Å²) >= 11 is 1.23. The molecule has 10 nitrogen and oxygen atoms in total. The minimum absolute atomic E-state index is 0.250. The number of rotatable bonds is 8. The molecule has 1 saturated heterocycles. The summed E-state index contributed by atoms with van der Waals surface area (Å²) in [6.45, 7) is 6.63. The van der Waals surface area contributed by atoms with Gasteiger partial charge in [-0.3, -0.25) is 5.32 Å². The van der Waals surface area contributed by atoms with Crippen LogP contribution in [-0.2, 0) is 11.3 Å². The molecule has 0 amide bonds. The zero-order valence-corrected chi connectivity index (χ0v) is 20.6. The summed E-state index contributed by atoms with van der Waals surface area (Å²) in [4.78, 5) is 28.8. The van der Waals surface area contributed by atoms with Crippen LogP contribution in [0.2, 0.25) is 0 Å². The van der Waals surface area contributed by atoms with Crippen molar-refractivity contribution in [3.05, 3.63) is 40.4 Å². The summed E-state index contributed by atoms with van der Waals surface area (Å²) < 4.78 is 16.0. The van der Waals surface area contributed by atoms with Crippen LogP contribution in [0.25, 0.3) is 0 Å². The number of carbonyl (C=O) groups excluding carboxylic acids is 1. The average Bonchev–Trinajstić information content (AvgIpc) is 3.49. The van der Waals surface area contributed by atoms with Crippen LogP contribution in [0.15, 0.2) is 24.3 Å². The number of nitrogens with zero attached hydrogens (tertiary/aromatic N) is 4. The second-order valence-electron chi connectivity index (χ2n) is 8.30. The minimum Gasteiger partial charge on any atom is -0.462 e. The van der Waals surface area contributed by atoms with E-state index >= 15 is 0 Å². The van der Waals surface area contributed by atoms with Gasteiger partial charge >= 0.3 is 5.97 Å². The van der Waals surface area contributed by atoms with Gasteiger partial charge in [-0.2, -0.15) is 9.97 Å². The first kappa shape index (κ1) is 23.2. The van der Waals surface area contributed by atoms with E-state index in [4.69, 9.17) is 19.2 Å². The molecule has 1 aromatic carbocycles. The summed E-state index contributed by atoms with van der Waals surface area (Å²) in [5, 5.41) is 7.14. The van der Waals surface area contributed by atoms with Crippen molar-refractivity contribution in [3.8, 4) is 11.5 Å². The molecule has 1 fully saturated rings. The molecule has 2 aliphatic rings. The third-order valence-electron chi connectivity index (χ3n) is 5.78. The van der Waals surface area contributed by atoms with Gasteiger partial charge in [-0.25, -0.2) is 9.78 Å². The normalized spacial score (nSPS) is 14.6. The van der Waals surface area contributed by atoms with Crippen molar-refractivity contribution in [2.45, 2.75) is 39.7 Å². The predicted molar refractivity (Wildman–Crippen MR) is 134 cm³/mol. The molecule has 0 spiro atoms. The molecule has 0 radical (unpaired) electrons.